The van der Waals surface area contributed by atoms with Gasteiger partial charge in [0.15, 0.2) is 0 Å². The Bertz CT molecular complexity index is 304. The Hall–Kier alpha value is 0.650. The summed E-state index contributed by atoms with van der Waals surface area (Å²) in [5.74, 6) is 0. The second-order valence-electron chi connectivity index (χ2n) is 2.59. The van der Waals surface area contributed by atoms with E-state index in [2.05, 4.69) is 13.6 Å². The number of nitrogens with one attached hydrogen (secondary N) is 2. The van der Waals surface area contributed by atoms with E-state index < -0.39 is 24.0 Å². The Labute approximate surface area is 85.6 Å². The molecule has 2 N–H and O–H groups in total. The van der Waals surface area contributed by atoms with Gasteiger partial charge in [0, 0.05) is 0 Å². The molecule has 0 aliphatic carbocycles. The molecule has 12 heteroatoms. The molecule has 1 aliphatic rings. The average molecular weight is 291 g/mol. The van der Waals surface area contributed by atoms with Gasteiger partial charge in [-0.1, -0.05) is 0 Å². The first kappa shape index (κ1) is 13.7. The van der Waals surface area contributed by atoms with Crippen LogP contribution in [0.2, 0.25) is 0 Å². The molecule has 0 aromatic rings. The minimum absolute atomic E-state index is 0.156. The van der Waals surface area contributed by atoms with Gasteiger partial charge < -0.3 is 0 Å². The Morgan fingerprint density at radius 3 is 2.47 bits per heavy atom. The molecule has 0 aromatic carbocycles. The molecule has 0 radical (unpaired) electrons. The number of rotatable bonds is 3. The van der Waals surface area contributed by atoms with Crippen LogP contribution < -0.4 is 9.72 Å². The summed E-state index contributed by atoms with van der Waals surface area (Å²) in [4.78, 5) is 3.01. The number of hydrogen-bond acceptors (Lipinski definition) is 5. The van der Waals surface area contributed by atoms with E-state index in [4.69, 9.17) is 0 Å². The number of hydrogen-bond donors (Lipinski definition) is 2. The fourth-order valence-corrected chi connectivity index (χ4v) is 8.89. The monoisotopic (exact) mass is 291 g/mol. The first-order chi connectivity index (χ1) is 6.74. The van der Waals surface area contributed by atoms with Crippen LogP contribution in [0.25, 0.3) is 0 Å². The molecule has 0 spiro atoms. The van der Waals surface area contributed by atoms with Crippen molar-refractivity contribution in [2.75, 3.05) is 13.7 Å². The van der Waals surface area contributed by atoms with E-state index in [-0.39, 0.29) is 6.61 Å². The SMILES string of the molecule is CCO[PH]1(F)NP(F)(OC)=N[PH](F)(F)N1. The Morgan fingerprint density at radius 1 is 1.40 bits per heavy atom. The second kappa shape index (κ2) is 4.49. The molecule has 1 unspecified atom stereocenters. The Kier molecular flexibility index (Phi) is 4.11. The molecule has 1 atom stereocenters. The van der Waals surface area contributed by atoms with Crippen molar-refractivity contribution in [3.8, 4) is 0 Å². The first-order valence-corrected chi connectivity index (χ1v) is 8.96. The van der Waals surface area contributed by atoms with Crippen molar-refractivity contribution in [1.82, 2.24) is 9.72 Å². The van der Waals surface area contributed by atoms with Crippen molar-refractivity contribution in [2.45, 2.75) is 6.92 Å². The van der Waals surface area contributed by atoms with E-state index >= 15 is 0 Å². The predicted molar refractivity (Wildman–Crippen MR) is 55.3 cm³/mol. The standard InChI is InChI=1S/C3H12F4N3O2P3/c1-3-12-15(7)9-13(4,5)8-14(6,10-15)11-2/h9-10,13,15H,3H2,1-2H3. The average Bonchev–Trinajstić information content (AvgIpc) is 1.99. The Morgan fingerprint density at radius 2 is 2.00 bits per heavy atom. The van der Waals surface area contributed by atoms with Crippen molar-refractivity contribution in [1.29, 1.82) is 0 Å². The van der Waals surface area contributed by atoms with E-state index in [1.54, 1.807) is 4.86 Å². The molecule has 0 saturated carbocycles. The molecule has 15 heavy (non-hydrogen) atoms. The van der Waals surface area contributed by atoms with Crippen LogP contribution in [-0.2, 0) is 9.05 Å². The molecule has 1 aliphatic heterocycles. The van der Waals surface area contributed by atoms with Crippen molar-refractivity contribution in [3.63, 3.8) is 0 Å². The van der Waals surface area contributed by atoms with E-state index in [0.717, 1.165) is 7.11 Å². The van der Waals surface area contributed by atoms with E-state index in [9.17, 15) is 16.8 Å². The van der Waals surface area contributed by atoms with Crippen LogP contribution >= 0.6 is 24.0 Å². The fraction of sp³-hybridized carbons (Fsp3) is 1.00. The quantitative estimate of drug-likeness (QED) is 0.617. The fourth-order valence-electron chi connectivity index (χ4n) is 0.964. The van der Waals surface area contributed by atoms with Crippen molar-refractivity contribution in [3.05, 3.63) is 0 Å². The molecule has 1 heterocycles. The van der Waals surface area contributed by atoms with Crippen LogP contribution in [0.5, 0.6) is 0 Å². The topological polar surface area (TPSA) is 54.9 Å². The summed E-state index contributed by atoms with van der Waals surface area (Å²) in [5.41, 5.74) is 0. The predicted octanol–water partition coefficient (Wildman–Crippen LogP) is 3.51. The first-order valence-electron chi connectivity index (χ1n) is 3.92. The third-order valence-electron chi connectivity index (χ3n) is 1.43. The van der Waals surface area contributed by atoms with Gasteiger partial charge in [0.25, 0.3) is 0 Å². The molecule has 5 nitrogen and oxygen atoms in total. The summed E-state index contributed by atoms with van der Waals surface area (Å²) < 4.78 is 64.2. The van der Waals surface area contributed by atoms with Crippen LogP contribution in [0.4, 0.5) is 16.8 Å². The summed E-state index contributed by atoms with van der Waals surface area (Å²) in [5, 5.41) is 0. The summed E-state index contributed by atoms with van der Waals surface area (Å²) >= 11 is 0. The normalized spacial score (nSPS) is 37.7. The summed E-state index contributed by atoms with van der Waals surface area (Å²) in [6, 6.07) is 0. The van der Waals surface area contributed by atoms with Gasteiger partial charge >= 0.3 is 84.7 Å². The van der Waals surface area contributed by atoms with Gasteiger partial charge in [-0.25, -0.2) is 0 Å². The molecule has 0 amide bonds. The van der Waals surface area contributed by atoms with Gasteiger partial charge in [-0.2, -0.15) is 0 Å². The minimum atomic E-state index is -5.50. The summed E-state index contributed by atoms with van der Waals surface area (Å²) in [7, 11) is -13.7. The molecule has 0 bridgehead atoms. The maximum absolute atomic E-state index is 13.6. The van der Waals surface area contributed by atoms with Gasteiger partial charge in [0.1, 0.15) is 0 Å². The van der Waals surface area contributed by atoms with Crippen molar-refractivity contribution in [2.24, 2.45) is 4.52 Å². The molecule has 94 valence electrons. The molecular formula is C3H12F4N3O2P3. The van der Waals surface area contributed by atoms with E-state index in [1.807, 2.05) is 0 Å². The molecule has 1 rings (SSSR count). The van der Waals surface area contributed by atoms with Crippen LogP contribution in [0.1, 0.15) is 6.92 Å². The maximum atomic E-state index is 13.6. The summed E-state index contributed by atoms with van der Waals surface area (Å²) in [6.07, 6.45) is 0. The zero-order valence-corrected chi connectivity index (χ0v) is 10.8. The number of nitrogens with zero attached hydrogens (tertiary/aromatic N) is 1. The zero-order chi connectivity index (χ0) is 11.7. The van der Waals surface area contributed by atoms with E-state index in [0.29, 0.717) is 0 Å². The van der Waals surface area contributed by atoms with Crippen molar-refractivity contribution < 1.29 is 25.8 Å². The molecule has 0 fully saturated rings. The molecular weight excluding hydrogens is 279 g/mol. The van der Waals surface area contributed by atoms with Gasteiger partial charge in [-0.3, -0.25) is 0 Å². The van der Waals surface area contributed by atoms with Gasteiger partial charge in [-0.15, -0.1) is 0 Å². The third kappa shape index (κ3) is 3.56. The van der Waals surface area contributed by atoms with E-state index in [1.165, 1.54) is 11.8 Å². The third-order valence-corrected chi connectivity index (χ3v) is 9.38. The van der Waals surface area contributed by atoms with Gasteiger partial charge in [0.2, 0.25) is 0 Å². The van der Waals surface area contributed by atoms with Crippen LogP contribution in [0.3, 0.4) is 0 Å². The Balaban J connectivity index is 3.01. The summed E-state index contributed by atoms with van der Waals surface area (Å²) in [6.45, 7) is 1.26. The van der Waals surface area contributed by atoms with Gasteiger partial charge in [-0.05, 0) is 0 Å². The van der Waals surface area contributed by atoms with Gasteiger partial charge in [0.05, 0.1) is 0 Å². The molecule has 0 saturated heterocycles. The zero-order valence-electron chi connectivity index (χ0n) is 7.93. The number of halogens is 4. The van der Waals surface area contributed by atoms with Crippen LogP contribution in [0, 0.1) is 0 Å². The van der Waals surface area contributed by atoms with Crippen molar-refractivity contribution >= 4 is 24.0 Å². The second-order valence-corrected chi connectivity index (χ2v) is 9.22. The molecule has 0 aromatic heterocycles. The van der Waals surface area contributed by atoms with Crippen LogP contribution in [0.15, 0.2) is 4.52 Å². The van der Waals surface area contributed by atoms with Crippen LogP contribution in [-0.4, -0.2) is 13.7 Å².